The van der Waals surface area contributed by atoms with E-state index in [1.54, 1.807) is 23.6 Å². The first-order valence-corrected chi connectivity index (χ1v) is 20.1. The molecule has 2 aromatic heterocycles. The number of benzene rings is 1. The maximum absolute atomic E-state index is 14.0. The molecule has 3 aromatic rings. The Morgan fingerprint density at radius 3 is 2.33 bits per heavy atom. The average molecular weight is 776 g/mol. The number of anilines is 1. The van der Waals surface area contributed by atoms with Gasteiger partial charge in [0.2, 0.25) is 17.7 Å². The first kappa shape index (κ1) is 41.7. The summed E-state index contributed by atoms with van der Waals surface area (Å²) in [5.41, 5.74) is 4.50. The van der Waals surface area contributed by atoms with E-state index >= 15 is 0 Å². The van der Waals surface area contributed by atoms with E-state index in [1.807, 2.05) is 77.5 Å². The molecule has 0 spiro atoms. The topological polar surface area (TPSA) is 172 Å². The summed E-state index contributed by atoms with van der Waals surface area (Å²) in [6, 6.07) is 9.41. The van der Waals surface area contributed by atoms with Gasteiger partial charge in [0.1, 0.15) is 17.9 Å². The van der Waals surface area contributed by atoms with Crippen LogP contribution in [0.3, 0.4) is 0 Å². The molecule has 298 valence electrons. The van der Waals surface area contributed by atoms with Crippen LogP contribution in [0.2, 0.25) is 0 Å². The SMILES string of the molecule is CNCCN1CCN(c2ccc(C(=O)NCCCC(=O)N[C@H](C(=O)N3C[C@H](O)CC3C(=O)N[C@@H](C)c3ccc(-c4scnc4C)cc3)C(C)(C)C)cn2)CC1. The van der Waals surface area contributed by atoms with Gasteiger partial charge in [-0.2, -0.15) is 0 Å². The highest BCUT2D eigenvalue weighted by atomic mass is 32.1. The van der Waals surface area contributed by atoms with Crippen LogP contribution in [0.4, 0.5) is 5.82 Å². The van der Waals surface area contributed by atoms with Crippen LogP contribution in [0, 0.1) is 12.3 Å². The molecule has 2 aliphatic heterocycles. The summed E-state index contributed by atoms with van der Waals surface area (Å²) in [6.45, 7) is 15.3. The summed E-state index contributed by atoms with van der Waals surface area (Å²) in [6.07, 6.45) is 1.26. The summed E-state index contributed by atoms with van der Waals surface area (Å²) < 4.78 is 0. The van der Waals surface area contributed by atoms with E-state index in [4.69, 9.17) is 0 Å². The van der Waals surface area contributed by atoms with Gasteiger partial charge in [0.25, 0.3) is 5.91 Å². The van der Waals surface area contributed by atoms with Crippen molar-refractivity contribution in [3.8, 4) is 10.4 Å². The standard InChI is InChI=1S/C40H57N9O5S/c1-26(28-9-11-29(12-10-28)35-27(2)44-25-55-35)45-38(53)32-22-31(50)24-49(32)39(54)36(40(3,4)5)46-34(51)8-7-15-42-37(52)30-13-14-33(43-23-30)48-20-18-47(19-21-48)17-16-41-6/h9-14,23,25-26,31-32,36,41,50H,7-8,15-22,24H2,1-6H3,(H,42,52)(H,45,53)(H,46,51)/t26-,31+,32?,36+/m0/s1. The number of nitrogens with zero attached hydrogens (tertiary/aromatic N) is 5. The van der Waals surface area contributed by atoms with E-state index < -0.39 is 29.5 Å². The summed E-state index contributed by atoms with van der Waals surface area (Å²) in [7, 11) is 1.96. The molecule has 4 atom stereocenters. The van der Waals surface area contributed by atoms with Gasteiger partial charge in [-0.1, -0.05) is 45.0 Å². The van der Waals surface area contributed by atoms with Gasteiger partial charge in [0, 0.05) is 71.4 Å². The third kappa shape index (κ3) is 11.1. The Bertz CT molecular complexity index is 1750. The average Bonchev–Trinajstić information content (AvgIpc) is 3.79. The fraction of sp³-hybridized carbons (Fsp3) is 0.550. The van der Waals surface area contributed by atoms with Crippen molar-refractivity contribution in [3.63, 3.8) is 0 Å². The van der Waals surface area contributed by atoms with Crippen molar-refractivity contribution in [2.45, 2.75) is 78.1 Å². The van der Waals surface area contributed by atoms with Crippen molar-refractivity contribution in [1.82, 2.24) is 41.0 Å². The van der Waals surface area contributed by atoms with Crippen molar-refractivity contribution in [1.29, 1.82) is 0 Å². The van der Waals surface area contributed by atoms with Crippen LogP contribution >= 0.6 is 11.3 Å². The van der Waals surface area contributed by atoms with Crippen molar-refractivity contribution in [3.05, 3.63) is 64.9 Å². The summed E-state index contributed by atoms with van der Waals surface area (Å²) in [5, 5.41) is 22.5. The summed E-state index contributed by atoms with van der Waals surface area (Å²) in [4.78, 5) is 69.5. The van der Waals surface area contributed by atoms with Crippen molar-refractivity contribution in [2.24, 2.45) is 5.41 Å². The number of thiazole rings is 1. The minimum absolute atomic E-state index is 0.00782. The van der Waals surface area contributed by atoms with Crippen LogP contribution < -0.4 is 26.2 Å². The fourth-order valence-corrected chi connectivity index (χ4v) is 7.79. The molecule has 2 fully saturated rings. The molecule has 1 aromatic carbocycles. The Labute approximate surface area is 328 Å². The number of piperazine rings is 1. The Morgan fingerprint density at radius 2 is 1.71 bits per heavy atom. The largest absolute Gasteiger partial charge is 0.391 e. The van der Waals surface area contributed by atoms with Crippen LogP contribution in [0.5, 0.6) is 0 Å². The molecule has 0 saturated carbocycles. The van der Waals surface area contributed by atoms with Crippen LogP contribution in [0.15, 0.2) is 48.1 Å². The van der Waals surface area contributed by atoms with Gasteiger partial charge in [-0.15, -0.1) is 11.3 Å². The Hall–Kier alpha value is -4.44. The molecule has 2 aliphatic rings. The number of hydrogen-bond donors (Lipinski definition) is 5. The molecule has 0 bridgehead atoms. The van der Waals surface area contributed by atoms with E-state index in [2.05, 4.69) is 41.0 Å². The highest BCUT2D eigenvalue weighted by molar-refractivity contribution is 7.13. The smallest absolute Gasteiger partial charge is 0.252 e. The number of hydrogen-bond acceptors (Lipinski definition) is 11. The van der Waals surface area contributed by atoms with Gasteiger partial charge in [0.05, 0.1) is 33.8 Å². The monoisotopic (exact) mass is 775 g/mol. The minimum atomic E-state index is -0.934. The zero-order chi connectivity index (χ0) is 39.7. The minimum Gasteiger partial charge on any atom is -0.391 e. The highest BCUT2D eigenvalue weighted by Gasteiger charge is 2.44. The van der Waals surface area contributed by atoms with Gasteiger partial charge in [-0.05, 0) is 56.0 Å². The Morgan fingerprint density at radius 1 is 0.982 bits per heavy atom. The van der Waals surface area contributed by atoms with E-state index in [1.165, 1.54) is 4.90 Å². The molecule has 14 nitrogen and oxygen atoms in total. The second kappa shape index (κ2) is 18.9. The number of rotatable bonds is 15. The van der Waals surface area contributed by atoms with E-state index in [0.717, 1.165) is 66.8 Å². The number of pyridine rings is 1. The van der Waals surface area contributed by atoms with E-state index in [9.17, 15) is 24.3 Å². The molecule has 0 radical (unpaired) electrons. The van der Waals surface area contributed by atoms with Crippen LogP contribution in [0.25, 0.3) is 10.4 Å². The second-order valence-electron chi connectivity index (χ2n) is 15.6. The molecular weight excluding hydrogens is 719 g/mol. The number of aliphatic hydroxyl groups excluding tert-OH is 1. The first-order valence-electron chi connectivity index (χ1n) is 19.2. The van der Waals surface area contributed by atoms with E-state index in [0.29, 0.717) is 12.0 Å². The molecule has 55 heavy (non-hydrogen) atoms. The van der Waals surface area contributed by atoms with Gasteiger partial charge in [0.15, 0.2) is 0 Å². The number of likely N-dealkylation sites (tertiary alicyclic amines) is 1. The van der Waals surface area contributed by atoms with Gasteiger partial charge in [-0.3, -0.25) is 24.1 Å². The molecule has 15 heteroatoms. The lowest BCUT2D eigenvalue weighted by atomic mass is 9.85. The predicted molar refractivity (Wildman–Crippen MR) is 215 cm³/mol. The summed E-state index contributed by atoms with van der Waals surface area (Å²) in [5.74, 6) is -0.551. The van der Waals surface area contributed by atoms with Crippen LogP contribution in [-0.4, -0.2) is 126 Å². The number of aromatic nitrogens is 2. The lowest BCUT2D eigenvalue weighted by Gasteiger charge is -2.35. The fourth-order valence-electron chi connectivity index (χ4n) is 6.98. The van der Waals surface area contributed by atoms with E-state index in [-0.39, 0.29) is 49.7 Å². The number of nitrogens with one attached hydrogen (secondary N) is 4. The second-order valence-corrected chi connectivity index (χ2v) is 16.4. The number of aliphatic hydroxyl groups is 1. The zero-order valence-corrected chi connectivity index (χ0v) is 33.7. The maximum Gasteiger partial charge on any atom is 0.252 e. The lowest BCUT2D eigenvalue weighted by molar-refractivity contribution is -0.144. The predicted octanol–water partition coefficient (Wildman–Crippen LogP) is 2.74. The number of β-amino-alcohol motifs (C(OH)–C–C–N with tert-alkyl or cyclic N) is 1. The summed E-state index contributed by atoms with van der Waals surface area (Å²) >= 11 is 1.58. The molecule has 5 rings (SSSR count). The molecule has 4 heterocycles. The molecular formula is C40H57N9O5S. The van der Waals surface area contributed by atoms with Gasteiger partial charge in [-0.25, -0.2) is 9.97 Å². The molecule has 1 unspecified atom stereocenters. The quantitative estimate of drug-likeness (QED) is 0.145. The Balaban J connectivity index is 1.09. The maximum atomic E-state index is 14.0. The van der Waals surface area contributed by atoms with Gasteiger partial charge < -0.3 is 36.2 Å². The van der Waals surface area contributed by atoms with Crippen molar-refractivity contribution < 1.29 is 24.3 Å². The molecule has 4 amide bonds. The number of carbonyl (C=O) groups excluding carboxylic acids is 4. The van der Waals surface area contributed by atoms with Crippen molar-refractivity contribution >= 4 is 40.8 Å². The molecule has 2 saturated heterocycles. The highest BCUT2D eigenvalue weighted by Crippen LogP contribution is 2.29. The normalized spacial score (nSPS) is 18.8. The molecule has 0 aliphatic carbocycles. The number of aryl methyl sites for hydroxylation is 1. The number of carbonyl (C=O) groups is 4. The third-order valence-corrected chi connectivity index (χ3v) is 11.3. The third-order valence-electron chi connectivity index (χ3n) is 10.3. The van der Waals surface area contributed by atoms with Crippen LogP contribution in [-0.2, 0) is 14.4 Å². The number of likely N-dealkylation sites (N-methyl/N-ethyl adjacent to an activating group) is 1. The lowest BCUT2D eigenvalue weighted by Crippen LogP contribution is -2.57. The zero-order valence-electron chi connectivity index (χ0n) is 32.9. The van der Waals surface area contributed by atoms with Crippen molar-refractivity contribution in [2.75, 3.05) is 64.3 Å². The number of amides is 4. The van der Waals surface area contributed by atoms with Crippen LogP contribution in [0.1, 0.15) is 74.6 Å². The van der Waals surface area contributed by atoms with Gasteiger partial charge >= 0.3 is 0 Å². The Kier molecular flexibility index (Phi) is 14.4. The molecule has 5 N–H and O–H groups in total. The first-order chi connectivity index (χ1) is 26.2.